The van der Waals surface area contributed by atoms with Gasteiger partial charge in [0, 0.05) is 20.6 Å². The van der Waals surface area contributed by atoms with Crippen LogP contribution in [0.4, 0.5) is 11.4 Å². The number of nitrogens with zero attached hydrogens (tertiary/aromatic N) is 3. The van der Waals surface area contributed by atoms with Crippen LogP contribution >= 0.6 is 36.6 Å². The minimum absolute atomic E-state index is 0. The lowest BCUT2D eigenvalue weighted by Gasteiger charge is -2.17. The highest BCUT2D eigenvalue weighted by molar-refractivity contribution is 8.15. The van der Waals surface area contributed by atoms with E-state index in [1.807, 2.05) is 0 Å². The standard InChI is InChI=1S/C11H13N3S.2ClH.H2O/c1-13(2)8-4-3-5-9-10(8)15-11-12-6-7-14(9)11;;;/h3-5H,6-7H2,1-2H3;2*1H;1H2. The molecule has 0 atom stereocenters. The van der Waals surface area contributed by atoms with Crippen LogP contribution in [-0.4, -0.2) is 37.8 Å². The summed E-state index contributed by atoms with van der Waals surface area (Å²) in [5, 5.41) is 1.17. The summed E-state index contributed by atoms with van der Waals surface area (Å²) in [6.07, 6.45) is 0. The van der Waals surface area contributed by atoms with Crippen molar-refractivity contribution in [3.05, 3.63) is 18.2 Å². The van der Waals surface area contributed by atoms with Crippen molar-refractivity contribution in [2.45, 2.75) is 4.90 Å². The maximum atomic E-state index is 4.50. The van der Waals surface area contributed by atoms with E-state index in [4.69, 9.17) is 0 Å². The summed E-state index contributed by atoms with van der Waals surface area (Å²) in [5.41, 5.74) is 2.61. The van der Waals surface area contributed by atoms with Crippen molar-refractivity contribution < 1.29 is 5.48 Å². The third kappa shape index (κ3) is 2.54. The van der Waals surface area contributed by atoms with Gasteiger partial charge in [-0.25, -0.2) is 0 Å². The third-order valence-electron chi connectivity index (χ3n) is 2.74. The zero-order chi connectivity index (χ0) is 10.4. The molecule has 18 heavy (non-hydrogen) atoms. The second-order valence-corrected chi connectivity index (χ2v) is 4.92. The number of benzene rings is 1. The van der Waals surface area contributed by atoms with Crippen molar-refractivity contribution in [3.63, 3.8) is 0 Å². The normalized spacial score (nSPS) is 14.6. The molecule has 1 aromatic carbocycles. The number of hydrogen-bond donors (Lipinski definition) is 0. The maximum Gasteiger partial charge on any atom is 0.168 e. The fraction of sp³-hybridized carbons (Fsp3) is 0.364. The van der Waals surface area contributed by atoms with E-state index >= 15 is 0 Å². The van der Waals surface area contributed by atoms with Crippen molar-refractivity contribution in [1.29, 1.82) is 0 Å². The number of rotatable bonds is 1. The molecule has 0 bridgehead atoms. The van der Waals surface area contributed by atoms with Gasteiger partial charge in [0.25, 0.3) is 0 Å². The quantitative estimate of drug-likeness (QED) is 0.798. The van der Waals surface area contributed by atoms with Crippen LogP contribution in [0, 0.1) is 0 Å². The molecular weight excluding hydrogens is 293 g/mol. The number of thioether (sulfide) groups is 1. The highest BCUT2D eigenvalue weighted by atomic mass is 35.5. The number of fused-ring (bicyclic) bond motifs is 3. The predicted molar refractivity (Wildman–Crippen MR) is 84.4 cm³/mol. The van der Waals surface area contributed by atoms with E-state index in [1.165, 1.54) is 21.4 Å². The molecule has 0 fully saturated rings. The Kier molecular flexibility index (Phi) is 6.29. The molecule has 0 aromatic heterocycles. The maximum absolute atomic E-state index is 4.50. The van der Waals surface area contributed by atoms with Gasteiger partial charge >= 0.3 is 0 Å². The molecule has 102 valence electrons. The highest BCUT2D eigenvalue weighted by Gasteiger charge is 2.31. The van der Waals surface area contributed by atoms with Gasteiger partial charge in [-0.05, 0) is 23.9 Å². The summed E-state index contributed by atoms with van der Waals surface area (Å²) in [5.74, 6) is 0. The Morgan fingerprint density at radius 2 is 2.00 bits per heavy atom. The Hall–Kier alpha value is -0.620. The first-order chi connectivity index (χ1) is 7.27. The Labute approximate surface area is 124 Å². The Bertz CT molecular complexity index is 454. The lowest BCUT2D eigenvalue weighted by molar-refractivity contribution is 0.824. The van der Waals surface area contributed by atoms with E-state index in [0.29, 0.717) is 0 Å². The first-order valence-electron chi connectivity index (χ1n) is 5.07. The number of amidine groups is 1. The van der Waals surface area contributed by atoms with Gasteiger partial charge in [-0.3, -0.25) is 4.99 Å². The van der Waals surface area contributed by atoms with Crippen LogP contribution in [0.25, 0.3) is 0 Å². The molecule has 2 aliphatic heterocycles. The van der Waals surface area contributed by atoms with Crippen molar-refractivity contribution in [2.75, 3.05) is 37.0 Å². The summed E-state index contributed by atoms with van der Waals surface area (Å²) in [6, 6.07) is 6.47. The Morgan fingerprint density at radius 3 is 2.67 bits per heavy atom. The van der Waals surface area contributed by atoms with Gasteiger partial charge in [-0.2, -0.15) is 0 Å². The molecule has 2 heterocycles. The second-order valence-electron chi connectivity index (χ2n) is 3.94. The number of aliphatic imine (C=N–C) groups is 1. The fourth-order valence-electron chi connectivity index (χ4n) is 2.01. The van der Waals surface area contributed by atoms with E-state index in [2.05, 4.69) is 47.1 Å². The lowest BCUT2D eigenvalue weighted by Crippen LogP contribution is -2.20. The number of halogens is 2. The smallest absolute Gasteiger partial charge is 0.168 e. The second kappa shape index (κ2) is 6.52. The molecule has 1 aromatic rings. The number of anilines is 2. The largest absolute Gasteiger partial charge is 0.412 e. The monoisotopic (exact) mass is 309 g/mol. The predicted octanol–water partition coefficient (Wildman–Crippen LogP) is 2.05. The van der Waals surface area contributed by atoms with Gasteiger partial charge in [-0.15, -0.1) is 24.8 Å². The first kappa shape index (κ1) is 17.4. The van der Waals surface area contributed by atoms with Crippen LogP contribution in [0.2, 0.25) is 0 Å². The van der Waals surface area contributed by atoms with Crippen molar-refractivity contribution in [3.8, 4) is 0 Å². The SMILES string of the molecule is CN(C)c1cccc2c1SC1=NCCN12.Cl.Cl.O. The fourth-order valence-corrected chi connectivity index (χ4v) is 3.29. The van der Waals surface area contributed by atoms with E-state index in [9.17, 15) is 0 Å². The average molecular weight is 310 g/mol. The van der Waals surface area contributed by atoms with Gasteiger partial charge in [-0.1, -0.05) is 6.07 Å². The molecule has 2 N–H and O–H groups in total. The summed E-state index contributed by atoms with van der Waals surface area (Å²) in [7, 11) is 4.17. The molecule has 0 radical (unpaired) electrons. The van der Waals surface area contributed by atoms with Crippen LogP contribution < -0.4 is 9.80 Å². The number of hydrogen-bond acceptors (Lipinski definition) is 4. The van der Waals surface area contributed by atoms with Crippen molar-refractivity contribution in [2.24, 2.45) is 4.99 Å². The summed E-state index contributed by atoms with van der Waals surface area (Å²) in [4.78, 5) is 10.3. The molecule has 0 unspecified atom stereocenters. The molecule has 3 rings (SSSR count). The van der Waals surface area contributed by atoms with Gasteiger partial charge < -0.3 is 15.3 Å². The molecule has 0 spiro atoms. The Morgan fingerprint density at radius 1 is 1.28 bits per heavy atom. The molecule has 2 aliphatic rings. The van der Waals surface area contributed by atoms with Crippen LogP contribution in [0.15, 0.2) is 28.1 Å². The molecule has 0 amide bonds. The summed E-state index contributed by atoms with van der Waals surface area (Å²) in [6.45, 7) is 1.97. The van der Waals surface area contributed by atoms with Crippen LogP contribution in [-0.2, 0) is 0 Å². The molecule has 0 aliphatic carbocycles. The Balaban J connectivity index is 0.000000963. The minimum Gasteiger partial charge on any atom is -0.412 e. The topological polar surface area (TPSA) is 50.3 Å². The molecule has 7 heteroatoms. The average Bonchev–Trinajstić information content (AvgIpc) is 2.75. The van der Waals surface area contributed by atoms with Crippen LogP contribution in [0.3, 0.4) is 0 Å². The summed E-state index contributed by atoms with van der Waals surface area (Å²) >= 11 is 1.80. The van der Waals surface area contributed by atoms with Gasteiger partial charge in [0.2, 0.25) is 0 Å². The van der Waals surface area contributed by atoms with Gasteiger partial charge in [0.05, 0.1) is 22.8 Å². The molecule has 0 saturated heterocycles. The van der Waals surface area contributed by atoms with Crippen LogP contribution in [0.1, 0.15) is 0 Å². The zero-order valence-electron chi connectivity index (χ0n) is 10.2. The lowest BCUT2D eigenvalue weighted by atomic mass is 10.2. The molecule has 4 nitrogen and oxygen atoms in total. The van der Waals surface area contributed by atoms with Crippen molar-refractivity contribution >= 4 is 53.1 Å². The third-order valence-corrected chi connectivity index (χ3v) is 3.90. The molecular formula is C11H17Cl2N3OS. The van der Waals surface area contributed by atoms with Gasteiger partial charge in [0.15, 0.2) is 5.17 Å². The van der Waals surface area contributed by atoms with Crippen LogP contribution in [0.5, 0.6) is 0 Å². The van der Waals surface area contributed by atoms with E-state index in [1.54, 1.807) is 11.8 Å². The summed E-state index contributed by atoms with van der Waals surface area (Å²) < 4.78 is 0. The van der Waals surface area contributed by atoms with E-state index in [-0.39, 0.29) is 30.3 Å². The van der Waals surface area contributed by atoms with E-state index in [0.717, 1.165) is 13.1 Å². The molecule has 0 saturated carbocycles. The highest BCUT2D eigenvalue weighted by Crippen LogP contribution is 2.46. The van der Waals surface area contributed by atoms with Gasteiger partial charge in [0.1, 0.15) is 0 Å². The van der Waals surface area contributed by atoms with Crippen molar-refractivity contribution in [1.82, 2.24) is 0 Å². The minimum atomic E-state index is 0. The first-order valence-corrected chi connectivity index (χ1v) is 5.89. The van der Waals surface area contributed by atoms with E-state index < -0.39 is 0 Å². The zero-order valence-corrected chi connectivity index (χ0v) is 12.7.